The second-order valence-electron chi connectivity index (χ2n) is 8.00. The van der Waals surface area contributed by atoms with E-state index in [1.807, 2.05) is 13.8 Å². The van der Waals surface area contributed by atoms with Crippen LogP contribution in [0.25, 0.3) is 0 Å². The number of hydrogen-bond donors (Lipinski definition) is 2. The molecule has 0 atom stereocenters. The third-order valence-electron chi connectivity index (χ3n) is 5.06. The highest BCUT2D eigenvalue weighted by Crippen LogP contribution is 2.23. The molecule has 12 heteroatoms. The van der Waals surface area contributed by atoms with Crippen molar-refractivity contribution in [2.45, 2.75) is 30.2 Å². The molecule has 2 N–H and O–H groups in total. The summed E-state index contributed by atoms with van der Waals surface area (Å²) in [5, 5.41) is 7.33. The van der Waals surface area contributed by atoms with Gasteiger partial charge in [-0.05, 0) is 26.0 Å². The second-order valence-corrected chi connectivity index (χ2v) is 11.7. The van der Waals surface area contributed by atoms with Gasteiger partial charge in [-0.3, -0.25) is 9.52 Å². The van der Waals surface area contributed by atoms with Gasteiger partial charge >= 0.3 is 0 Å². The van der Waals surface area contributed by atoms with E-state index in [2.05, 4.69) is 19.9 Å². The standard InChI is InChI=1S/C23H22N4O6S2/c1-15-3-7-17(8-4-15)23(28)19-11-24-12-20(19)34(29,30)13-21-25-26-22(33-21)14-35(31,32)27-18-9-5-16(2)6-10-18/h3-12,24,27H,13-14H2,1-2H3. The highest BCUT2D eigenvalue weighted by atomic mass is 32.2. The number of benzene rings is 2. The van der Waals surface area contributed by atoms with Crippen molar-refractivity contribution in [3.8, 4) is 0 Å². The lowest BCUT2D eigenvalue weighted by Crippen LogP contribution is -2.15. The van der Waals surface area contributed by atoms with Crippen molar-refractivity contribution in [1.82, 2.24) is 15.2 Å². The summed E-state index contributed by atoms with van der Waals surface area (Å²) in [6, 6.07) is 13.5. The third-order valence-corrected chi connectivity index (χ3v) is 7.87. The minimum absolute atomic E-state index is 0.0153. The molecule has 0 spiro atoms. The molecule has 10 nitrogen and oxygen atoms in total. The molecular weight excluding hydrogens is 492 g/mol. The molecular formula is C23H22N4O6S2. The zero-order valence-electron chi connectivity index (χ0n) is 18.8. The van der Waals surface area contributed by atoms with Crippen molar-refractivity contribution >= 4 is 31.3 Å². The van der Waals surface area contributed by atoms with Gasteiger partial charge in [0.05, 0.1) is 10.5 Å². The number of H-pyrrole nitrogens is 1. The van der Waals surface area contributed by atoms with Crippen molar-refractivity contribution in [1.29, 1.82) is 0 Å². The Labute approximate surface area is 202 Å². The van der Waals surface area contributed by atoms with Crippen LogP contribution in [0.4, 0.5) is 5.69 Å². The van der Waals surface area contributed by atoms with Crippen molar-refractivity contribution in [2.75, 3.05) is 4.72 Å². The fourth-order valence-corrected chi connectivity index (χ4v) is 5.63. The van der Waals surface area contributed by atoms with Crippen molar-refractivity contribution in [3.05, 3.63) is 95.0 Å². The molecule has 0 saturated heterocycles. The highest BCUT2D eigenvalue weighted by molar-refractivity contribution is 7.92. The van der Waals surface area contributed by atoms with E-state index < -0.39 is 37.1 Å². The molecule has 0 aliphatic rings. The Kier molecular flexibility index (Phi) is 6.59. The molecule has 0 aliphatic heterocycles. The van der Waals surface area contributed by atoms with Crippen LogP contribution in [0.5, 0.6) is 0 Å². The molecule has 2 aromatic carbocycles. The van der Waals surface area contributed by atoms with Crippen LogP contribution in [0.3, 0.4) is 0 Å². The molecule has 182 valence electrons. The summed E-state index contributed by atoms with van der Waals surface area (Å²) in [6.07, 6.45) is 2.53. The SMILES string of the molecule is Cc1ccc(NS(=O)(=O)Cc2nnc(CS(=O)(=O)c3c[nH]cc3C(=O)c3ccc(C)cc3)o2)cc1. The number of aromatic amines is 1. The van der Waals surface area contributed by atoms with Crippen LogP contribution < -0.4 is 4.72 Å². The molecule has 4 rings (SSSR count). The Hall–Kier alpha value is -3.77. The number of sulfone groups is 1. The maximum absolute atomic E-state index is 13.0. The largest absolute Gasteiger partial charge is 0.423 e. The van der Waals surface area contributed by atoms with Crippen molar-refractivity contribution < 1.29 is 26.0 Å². The number of sulfonamides is 1. The molecule has 0 unspecified atom stereocenters. The third kappa shape index (κ3) is 5.84. The Balaban J connectivity index is 1.48. The van der Waals surface area contributed by atoms with Crippen LogP contribution in [0.15, 0.2) is 70.2 Å². The summed E-state index contributed by atoms with van der Waals surface area (Å²) in [4.78, 5) is 15.3. The van der Waals surface area contributed by atoms with Gasteiger partial charge in [-0.1, -0.05) is 47.5 Å². The van der Waals surface area contributed by atoms with Crippen LogP contribution in [0.2, 0.25) is 0 Å². The van der Waals surface area contributed by atoms with Crippen LogP contribution in [0.1, 0.15) is 38.8 Å². The second kappa shape index (κ2) is 9.47. The predicted molar refractivity (Wildman–Crippen MR) is 128 cm³/mol. The number of nitrogens with zero attached hydrogens (tertiary/aromatic N) is 2. The number of rotatable bonds is 9. The van der Waals surface area contributed by atoms with Gasteiger partial charge in [0, 0.05) is 23.6 Å². The van der Waals surface area contributed by atoms with E-state index >= 15 is 0 Å². The Morgan fingerprint density at radius 1 is 0.857 bits per heavy atom. The van der Waals surface area contributed by atoms with Gasteiger partial charge in [0.25, 0.3) is 0 Å². The number of nitrogens with one attached hydrogen (secondary N) is 2. The van der Waals surface area contributed by atoms with Gasteiger partial charge in [0.1, 0.15) is 11.5 Å². The van der Waals surface area contributed by atoms with Crippen LogP contribution in [-0.4, -0.2) is 37.8 Å². The maximum atomic E-state index is 13.0. The average Bonchev–Trinajstić information content (AvgIpc) is 3.45. The van der Waals surface area contributed by atoms with Gasteiger partial charge < -0.3 is 9.40 Å². The summed E-state index contributed by atoms with van der Waals surface area (Å²) in [5.74, 6) is -2.34. The molecule has 35 heavy (non-hydrogen) atoms. The molecule has 0 amide bonds. The maximum Gasteiger partial charge on any atom is 0.241 e. The van der Waals surface area contributed by atoms with Crippen LogP contribution in [-0.2, 0) is 31.4 Å². The van der Waals surface area contributed by atoms with E-state index in [1.54, 1.807) is 48.5 Å². The first kappa shape index (κ1) is 24.4. The summed E-state index contributed by atoms with van der Waals surface area (Å²) in [6.45, 7) is 3.75. The van der Waals surface area contributed by atoms with Crippen molar-refractivity contribution in [3.63, 3.8) is 0 Å². The summed E-state index contributed by atoms with van der Waals surface area (Å²) < 4.78 is 58.5. The summed E-state index contributed by atoms with van der Waals surface area (Å²) >= 11 is 0. The minimum atomic E-state index is -4.06. The Morgan fingerprint density at radius 3 is 2.06 bits per heavy atom. The fourth-order valence-electron chi connectivity index (χ4n) is 3.29. The highest BCUT2D eigenvalue weighted by Gasteiger charge is 2.27. The van der Waals surface area contributed by atoms with E-state index in [1.165, 1.54) is 12.4 Å². The van der Waals surface area contributed by atoms with Crippen LogP contribution in [0, 0.1) is 13.8 Å². The van der Waals surface area contributed by atoms with Crippen LogP contribution >= 0.6 is 0 Å². The molecule has 4 aromatic rings. The van der Waals surface area contributed by atoms with E-state index in [4.69, 9.17) is 4.42 Å². The normalized spacial score (nSPS) is 11.9. The minimum Gasteiger partial charge on any atom is -0.423 e. The monoisotopic (exact) mass is 514 g/mol. The number of carbonyl (C=O) groups is 1. The smallest absolute Gasteiger partial charge is 0.241 e. The number of aromatic nitrogens is 3. The number of carbonyl (C=O) groups excluding carboxylic acids is 1. The van der Waals surface area contributed by atoms with Gasteiger partial charge in [0.2, 0.25) is 21.8 Å². The molecule has 0 aliphatic carbocycles. The molecule has 2 heterocycles. The zero-order valence-corrected chi connectivity index (χ0v) is 20.5. The first-order valence-electron chi connectivity index (χ1n) is 10.4. The van der Waals surface area contributed by atoms with E-state index in [0.717, 1.165) is 11.1 Å². The molecule has 0 radical (unpaired) electrons. The number of hydrogen-bond acceptors (Lipinski definition) is 8. The first-order valence-corrected chi connectivity index (χ1v) is 13.7. The lowest BCUT2D eigenvalue weighted by atomic mass is 10.0. The van der Waals surface area contributed by atoms with Gasteiger partial charge in [0.15, 0.2) is 15.6 Å². The van der Waals surface area contributed by atoms with E-state index in [9.17, 15) is 21.6 Å². The lowest BCUT2D eigenvalue weighted by Gasteiger charge is -2.06. The van der Waals surface area contributed by atoms with Crippen molar-refractivity contribution in [2.24, 2.45) is 0 Å². The first-order chi connectivity index (χ1) is 16.5. The molecule has 2 aromatic heterocycles. The zero-order chi connectivity index (χ0) is 25.2. The molecule has 0 bridgehead atoms. The number of aryl methyl sites for hydroxylation is 2. The number of anilines is 1. The molecule has 0 saturated carbocycles. The Bertz CT molecular complexity index is 1570. The predicted octanol–water partition coefficient (Wildman–Crippen LogP) is 3.16. The number of ketones is 1. The molecule has 0 fully saturated rings. The average molecular weight is 515 g/mol. The summed E-state index contributed by atoms with van der Waals surface area (Å²) in [5.41, 5.74) is 2.64. The van der Waals surface area contributed by atoms with Gasteiger partial charge in [-0.25, -0.2) is 16.8 Å². The summed E-state index contributed by atoms with van der Waals surface area (Å²) in [7, 11) is -7.93. The fraction of sp³-hybridized carbons (Fsp3) is 0.174. The van der Waals surface area contributed by atoms with E-state index in [-0.39, 0.29) is 22.2 Å². The van der Waals surface area contributed by atoms with E-state index in [0.29, 0.717) is 11.3 Å². The van der Waals surface area contributed by atoms with Gasteiger partial charge in [-0.2, -0.15) is 0 Å². The lowest BCUT2D eigenvalue weighted by molar-refractivity contribution is 0.103. The quantitative estimate of drug-likeness (QED) is 0.323. The Morgan fingerprint density at radius 2 is 1.43 bits per heavy atom. The van der Waals surface area contributed by atoms with Gasteiger partial charge in [-0.15, -0.1) is 10.2 Å². The topological polar surface area (TPSA) is 152 Å².